The number of rotatable bonds is 5. The SMILES string of the molecule is O=C(c1cnc(NCc2cccc(OC(F)(F)F)c2)nc1)N1CCOCC1. The Hall–Kier alpha value is -2.88. The molecule has 0 radical (unpaired) electrons. The maximum atomic E-state index is 12.3. The van der Waals surface area contributed by atoms with E-state index in [-0.39, 0.29) is 24.1 Å². The lowest BCUT2D eigenvalue weighted by Gasteiger charge is -2.26. The number of anilines is 1. The number of nitrogens with zero attached hydrogens (tertiary/aromatic N) is 3. The number of ether oxygens (including phenoxy) is 2. The van der Waals surface area contributed by atoms with Crippen molar-refractivity contribution in [2.45, 2.75) is 12.9 Å². The molecule has 1 saturated heterocycles. The molecule has 0 bridgehead atoms. The summed E-state index contributed by atoms with van der Waals surface area (Å²) >= 11 is 0. The van der Waals surface area contributed by atoms with Crippen molar-refractivity contribution in [3.05, 3.63) is 47.8 Å². The van der Waals surface area contributed by atoms with Gasteiger partial charge in [-0.15, -0.1) is 13.2 Å². The van der Waals surface area contributed by atoms with Crippen molar-refractivity contribution in [2.75, 3.05) is 31.6 Å². The maximum Gasteiger partial charge on any atom is 0.573 e. The lowest BCUT2D eigenvalue weighted by Crippen LogP contribution is -2.40. The zero-order valence-electron chi connectivity index (χ0n) is 14.2. The molecule has 144 valence electrons. The van der Waals surface area contributed by atoms with E-state index in [0.717, 1.165) is 0 Å². The first-order chi connectivity index (χ1) is 12.9. The molecule has 1 aliphatic rings. The Morgan fingerprint density at radius 1 is 1.22 bits per heavy atom. The molecular weight excluding hydrogens is 365 g/mol. The number of hydrogen-bond acceptors (Lipinski definition) is 6. The van der Waals surface area contributed by atoms with Crippen LogP contribution in [0.2, 0.25) is 0 Å². The third-order valence-electron chi connectivity index (χ3n) is 3.78. The van der Waals surface area contributed by atoms with Gasteiger partial charge in [-0.05, 0) is 17.7 Å². The highest BCUT2D eigenvalue weighted by Crippen LogP contribution is 2.23. The van der Waals surface area contributed by atoms with E-state index < -0.39 is 6.36 Å². The molecule has 0 saturated carbocycles. The van der Waals surface area contributed by atoms with Crippen molar-refractivity contribution in [1.82, 2.24) is 14.9 Å². The predicted molar refractivity (Wildman–Crippen MR) is 89.2 cm³/mol. The minimum absolute atomic E-state index is 0.165. The second-order valence-electron chi connectivity index (χ2n) is 5.75. The normalized spacial score (nSPS) is 14.7. The number of carbonyl (C=O) groups excluding carboxylic acids is 1. The monoisotopic (exact) mass is 382 g/mol. The van der Waals surface area contributed by atoms with E-state index >= 15 is 0 Å². The van der Waals surface area contributed by atoms with Crippen LogP contribution in [0.1, 0.15) is 15.9 Å². The first-order valence-corrected chi connectivity index (χ1v) is 8.18. The van der Waals surface area contributed by atoms with Crippen molar-refractivity contribution in [3.8, 4) is 5.75 Å². The highest BCUT2D eigenvalue weighted by molar-refractivity contribution is 5.93. The lowest BCUT2D eigenvalue weighted by molar-refractivity contribution is -0.274. The second kappa shape index (κ2) is 8.21. The van der Waals surface area contributed by atoms with Gasteiger partial charge in [-0.3, -0.25) is 4.79 Å². The van der Waals surface area contributed by atoms with Crippen LogP contribution in [-0.2, 0) is 11.3 Å². The summed E-state index contributed by atoms with van der Waals surface area (Å²) in [6.07, 6.45) is -1.91. The van der Waals surface area contributed by atoms with Gasteiger partial charge in [0.15, 0.2) is 0 Å². The van der Waals surface area contributed by atoms with Gasteiger partial charge < -0.3 is 19.7 Å². The summed E-state index contributed by atoms with van der Waals surface area (Å²) in [7, 11) is 0. The third-order valence-corrected chi connectivity index (χ3v) is 3.78. The number of hydrogen-bond donors (Lipinski definition) is 1. The smallest absolute Gasteiger partial charge is 0.406 e. The molecule has 1 aliphatic heterocycles. The standard InChI is InChI=1S/C17H17F3N4O3/c18-17(19,20)27-14-3-1-2-12(8-14)9-21-16-22-10-13(11-23-16)15(25)24-4-6-26-7-5-24/h1-3,8,10-11H,4-7,9H2,(H,21,22,23). The molecule has 2 aromatic rings. The fourth-order valence-electron chi connectivity index (χ4n) is 2.51. The quantitative estimate of drug-likeness (QED) is 0.856. The summed E-state index contributed by atoms with van der Waals surface area (Å²) < 4.78 is 45.9. The van der Waals surface area contributed by atoms with Crippen LogP contribution in [0.3, 0.4) is 0 Å². The fourth-order valence-corrected chi connectivity index (χ4v) is 2.51. The van der Waals surface area contributed by atoms with Gasteiger partial charge in [0.05, 0.1) is 18.8 Å². The van der Waals surface area contributed by atoms with E-state index in [1.165, 1.54) is 30.6 Å². The summed E-state index contributed by atoms with van der Waals surface area (Å²) in [5.74, 6) is -0.202. The lowest BCUT2D eigenvalue weighted by atomic mass is 10.2. The Kier molecular flexibility index (Phi) is 5.75. The van der Waals surface area contributed by atoms with Gasteiger partial charge in [0.25, 0.3) is 5.91 Å². The largest absolute Gasteiger partial charge is 0.573 e. The minimum atomic E-state index is -4.74. The first-order valence-electron chi connectivity index (χ1n) is 8.18. The van der Waals surface area contributed by atoms with Crippen molar-refractivity contribution < 1.29 is 27.4 Å². The molecule has 1 N–H and O–H groups in total. The fraction of sp³-hybridized carbons (Fsp3) is 0.353. The highest BCUT2D eigenvalue weighted by Gasteiger charge is 2.31. The van der Waals surface area contributed by atoms with E-state index in [2.05, 4.69) is 20.0 Å². The van der Waals surface area contributed by atoms with Crippen LogP contribution in [0.15, 0.2) is 36.7 Å². The number of morpholine rings is 1. The number of aromatic nitrogens is 2. The molecule has 1 aromatic heterocycles. The van der Waals surface area contributed by atoms with Crippen molar-refractivity contribution in [1.29, 1.82) is 0 Å². The average molecular weight is 382 g/mol. The van der Waals surface area contributed by atoms with E-state index in [1.807, 2.05) is 0 Å². The summed E-state index contributed by atoms with van der Waals surface area (Å²) in [5.41, 5.74) is 0.928. The van der Waals surface area contributed by atoms with Crippen LogP contribution in [0.5, 0.6) is 5.75 Å². The van der Waals surface area contributed by atoms with Crippen molar-refractivity contribution in [3.63, 3.8) is 0 Å². The second-order valence-corrected chi connectivity index (χ2v) is 5.75. The Labute approximate surface area is 153 Å². The maximum absolute atomic E-state index is 12.3. The van der Waals surface area contributed by atoms with Crippen molar-refractivity contribution in [2.24, 2.45) is 0 Å². The van der Waals surface area contributed by atoms with Gasteiger partial charge in [0.1, 0.15) is 5.75 Å². The molecule has 0 aliphatic carbocycles. The minimum Gasteiger partial charge on any atom is -0.406 e. The van der Waals surface area contributed by atoms with Gasteiger partial charge in [0.2, 0.25) is 5.95 Å². The average Bonchev–Trinajstić information content (AvgIpc) is 2.66. The van der Waals surface area contributed by atoms with Crippen LogP contribution in [-0.4, -0.2) is 53.4 Å². The molecule has 1 fully saturated rings. The molecule has 1 aromatic carbocycles. The van der Waals surface area contributed by atoms with Gasteiger partial charge >= 0.3 is 6.36 Å². The summed E-state index contributed by atoms with van der Waals surface area (Å²) in [6, 6.07) is 5.60. The summed E-state index contributed by atoms with van der Waals surface area (Å²) in [5, 5.41) is 2.89. The van der Waals surface area contributed by atoms with Crippen molar-refractivity contribution >= 4 is 11.9 Å². The molecule has 2 heterocycles. The summed E-state index contributed by atoms with van der Waals surface area (Å²) in [6.45, 7) is 2.25. The first kappa shape index (κ1) is 18.9. The number of alkyl halides is 3. The molecule has 0 unspecified atom stereocenters. The van der Waals surface area contributed by atoms with Crippen LogP contribution in [0.4, 0.5) is 19.1 Å². The molecule has 1 amide bonds. The van der Waals surface area contributed by atoms with Crippen LogP contribution in [0, 0.1) is 0 Å². The van der Waals surface area contributed by atoms with E-state index in [4.69, 9.17) is 4.74 Å². The predicted octanol–water partition coefficient (Wildman–Crippen LogP) is 2.46. The van der Waals surface area contributed by atoms with Gasteiger partial charge in [0, 0.05) is 32.0 Å². The topological polar surface area (TPSA) is 76.6 Å². The van der Waals surface area contributed by atoms with Crippen LogP contribution >= 0.6 is 0 Å². The molecule has 27 heavy (non-hydrogen) atoms. The van der Waals surface area contributed by atoms with E-state index in [9.17, 15) is 18.0 Å². The number of carbonyl (C=O) groups is 1. The molecule has 0 spiro atoms. The molecular formula is C17H17F3N4O3. The highest BCUT2D eigenvalue weighted by atomic mass is 19.4. The molecule has 3 rings (SSSR count). The summed E-state index contributed by atoms with van der Waals surface area (Å²) in [4.78, 5) is 22.1. The van der Waals surface area contributed by atoms with Gasteiger partial charge in [-0.25, -0.2) is 9.97 Å². The van der Waals surface area contributed by atoms with E-state index in [1.54, 1.807) is 11.0 Å². The van der Waals surface area contributed by atoms with E-state index in [0.29, 0.717) is 37.4 Å². The Morgan fingerprint density at radius 2 is 1.93 bits per heavy atom. The Bertz CT molecular complexity index is 778. The number of nitrogens with one attached hydrogen (secondary N) is 1. The zero-order chi connectivity index (χ0) is 19.3. The van der Waals surface area contributed by atoms with Gasteiger partial charge in [-0.1, -0.05) is 12.1 Å². The Morgan fingerprint density at radius 3 is 2.59 bits per heavy atom. The number of halogens is 3. The molecule has 7 nitrogen and oxygen atoms in total. The zero-order valence-corrected chi connectivity index (χ0v) is 14.2. The number of benzene rings is 1. The Balaban J connectivity index is 1.57. The van der Waals surface area contributed by atoms with Crippen LogP contribution < -0.4 is 10.1 Å². The molecule has 10 heteroatoms. The molecule has 0 atom stereocenters. The van der Waals surface area contributed by atoms with Gasteiger partial charge in [-0.2, -0.15) is 0 Å². The van der Waals surface area contributed by atoms with Crippen LogP contribution in [0.25, 0.3) is 0 Å². The number of amides is 1. The third kappa shape index (κ3) is 5.55.